The fraction of sp³-hybridized carbons (Fsp3) is 0.353. The predicted octanol–water partition coefficient (Wildman–Crippen LogP) is 3.09. The van der Waals surface area contributed by atoms with E-state index >= 15 is 0 Å². The summed E-state index contributed by atoms with van der Waals surface area (Å²) in [6.45, 7) is 1.42. The predicted molar refractivity (Wildman–Crippen MR) is 89.4 cm³/mol. The van der Waals surface area contributed by atoms with Crippen LogP contribution in [0.25, 0.3) is 0 Å². The maximum Gasteiger partial charge on any atom is 0.317 e. The van der Waals surface area contributed by atoms with Crippen LogP contribution in [0.15, 0.2) is 35.8 Å². The highest BCUT2D eigenvalue weighted by molar-refractivity contribution is 7.09. The molecular weight excluding hydrogens is 329 g/mol. The van der Waals surface area contributed by atoms with Crippen LogP contribution in [0.3, 0.4) is 0 Å². The van der Waals surface area contributed by atoms with E-state index < -0.39 is 0 Å². The first kappa shape index (κ1) is 16.6. The van der Waals surface area contributed by atoms with E-state index in [9.17, 15) is 14.0 Å². The van der Waals surface area contributed by atoms with Crippen LogP contribution in [0.1, 0.15) is 28.2 Å². The monoisotopic (exact) mass is 347 g/mol. The highest BCUT2D eigenvalue weighted by atomic mass is 32.1. The summed E-state index contributed by atoms with van der Waals surface area (Å²) in [7, 11) is 0. The summed E-state index contributed by atoms with van der Waals surface area (Å²) in [5.74, 6) is -0.638. The topological polar surface area (TPSA) is 62.3 Å². The Morgan fingerprint density at radius 2 is 2.12 bits per heavy atom. The van der Waals surface area contributed by atoms with Crippen molar-refractivity contribution in [1.29, 1.82) is 0 Å². The van der Waals surface area contributed by atoms with Crippen LogP contribution < -0.4 is 5.32 Å². The number of nitrogens with zero attached hydrogens (tertiary/aromatic N) is 2. The fourth-order valence-corrected chi connectivity index (χ4v) is 3.38. The van der Waals surface area contributed by atoms with Gasteiger partial charge in [0.2, 0.25) is 0 Å². The largest absolute Gasteiger partial charge is 0.331 e. The maximum atomic E-state index is 13.0. The van der Waals surface area contributed by atoms with Gasteiger partial charge in [-0.25, -0.2) is 14.2 Å². The maximum absolute atomic E-state index is 13.0. The second-order valence-electron chi connectivity index (χ2n) is 5.74. The highest BCUT2D eigenvalue weighted by Crippen LogP contribution is 2.21. The standard InChI is InChI=1S/C17H18FN3O2S/c18-14-5-3-12(4-6-14)16(22)13-2-1-8-21(11-13)17(23)20-10-15-19-7-9-24-15/h3-7,9,13H,1-2,8,10-11H2,(H,20,23)/t13-/m0/s1. The summed E-state index contributed by atoms with van der Waals surface area (Å²) in [6.07, 6.45) is 3.22. The Morgan fingerprint density at radius 1 is 1.33 bits per heavy atom. The van der Waals surface area contributed by atoms with E-state index in [0.717, 1.165) is 17.8 Å². The van der Waals surface area contributed by atoms with Crippen molar-refractivity contribution in [2.24, 2.45) is 5.92 Å². The molecule has 5 nitrogen and oxygen atoms in total. The molecule has 7 heteroatoms. The number of urea groups is 1. The van der Waals surface area contributed by atoms with Crippen LogP contribution in [-0.4, -0.2) is 34.8 Å². The molecule has 24 heavy (non-hydrogen) atoms. The van der Waals surface area contributed by atoms with Gasteiger partial charge in [-0.15, -0.1) is 11.3 Å². The van der Waals surface area contributed by atoms with Crippen molar-refractivity contribution in [2.45, 2.75) is 19.4 Å². The van der Waals surface area contributed by atoms with Gasteiger partial charge in [-0.2, -0.15) is 0 Å². The number of carbonyl (C=O) groups is 2. The molecule has 2 aromatic rings. The third kappa shape index (κ3) is 3.97. The van der Waals surface area contributed by atoms with E-state index in [4.69, 9.17) is 0 Å². The number of piperidine rings is 1. The Morgan fingerprint density at radius 3 is 2.83 bits per heavy atom. The molecule has 1 aromatic carbocycles. The number of halogens is 1. The number of hydrogen-bond acceptors (Lipinski definition) is 4. The Balaban J connectivity index is 1.58. The van der Waals surface area contributed by atoms with Gasteiger partial charge in [0.25, 0.3) is 0 Å². The Labute approximate surface area is 143 Å². The summed E-state index contributed by atoms with van der Waals surface area (Å²) < 4.78 is 13.0. The quantitative estimate of drug-likeness (QED) is 0.865. The molecule has 3 rings (SSSR count). The van der Waals surface area contributed by atoms with Gasteiger partial charge in [0.15, 0.2) is 5.78 Å². The van der Waals surface area contributed by atoms with Crippen LogP contribution in [0.5, 0.6) is 0 Å². The lowest BCUT2D eigenvalue weighted by Gasteiger charge is -2.32. The normalized spacial score (nSPS) is 17.5. The minimum Gasteiger partial charge on any atom is -0.331 e. The van der Waals surface area contributed by atoms with Gasteiger partial charge in [-0.05, 0) is 37.1 Å². The number of likely N-dealkylation sites (tertiary alicyclic amines) is 1. The first-order valence-corrected chi connectivity index (χ1v) is 8.72. The molecule has 1 aromatic heterocycles. The molecule has 0 radical (unpaired) electrons. The van der Waals surface area contributed by atoms with Crippen molar-refractivity contribution in [3.63, 3.8) is 0 Å². The van der Waals surface area contributed by atoms with Gasteiger partial charge in [-0.1, -0.05) is 0 Å². The molecule has 0 unspecified atom stereocenters. The molecule has 0 aliphatic carbocycles. The van der Waals surface area contributed by atoms with E-state index in [2.05, 4.69) is 10.3 Å². The molecule has 1 aliphatic heterocycles. The lowest BCUT2D eigenvalue weighted by molar-refractivity contribution is 0.0845. The molecule has 1 N–H and O–H groups in total. The number of nitrogens with one attached hydrogen (secondary N) is 1. The van der Waals surface area contributed by atoms with Crippen molar-refractivity contribution in [3.8, 4) is 0 Å². The van der Waals surface area contributed by atoms with Gasteiger partial charge >= 0.3 is 6.03 Å². The molecule has 1 saturated heterocycles. The molecule has 0 bridgehead atoms. The number of Topliss-reactive ketones (excluding diaryl/α,β-unsaturated/α-hetero) is 1. The van der Waals surface area contributed by atoms with Gasteiger partial charge < -0.3 is 10.2 Å². The molecule has 126 valence electrons. The van der Waals surface area contributed by atoms with E-state index in [1.807, 2.05) is 5.38 Å². The smallest absolute Gasteiger partial charge is 0.317 e. The number of hydrogen-bond donors (Lipinski definition) is 1. The van der Waals surface area contributed by atoms with Gasteiger partial charge in [0.1, 0.15) is 10.8 Å². The third-order valence-electron chi connectivity index (χ3n) is 4.08. The SMILES string of the molecule is O=C(c1ccc(F)cc1)[C@H]1CCCN(C(=O)NCc2nccs2)C1. The van der Waals surface area contributed by atoms with Crippen molar-refractivity contribution in [1.82, 2.24) is 15.2 Å². The van der Waals surface area contributed by atoms with E-state index in [-0.39, 0.29) is 23.5 Å². The zero-order valence-electron chi connectivity index (χ0n) is 13.1. The Kier molecular flexibility index (Phi) is 5.20. The second-order valence-corrected chi connectivity index (χ2v) is 6.72. The molecule has 0 saturated carbocycles. The molecule has 1 atom stereocenters. The Hall–Kier alpha value is -2.28. The van der Waals surface area contributed by atoms with Crippen LogP contribution in [0.4, 0.5) is 9.18 Å². The fourth-order valence-electron chi connectivity index (χ4n) is 2.83. The van der Waals surface area contributed by atoms with Crippen molar-refractivity contribution in [3.05, 3.63) is 52.2 Å². The molecule has 2 heterocycles. The zero-order valence-corrected chi connectivity index (χ0v) is 13.9. The summed E-state index contributed by atoms with van der Waals surface area (Å²) in [5, 5.41) is 5.54. The van der Waals surface area contributed by atoms with Crippen molar-refractivity contribution >= 4 is 23.2 Å². The van der Waals surface area contributed by atoms with Crippen LogP contribution >= 0.6 is 11.3 Å². The lowest BCUT2D eigenvalue weighted by atomic mass is 9.90. The minimum atomic E-state index is -0.363. The molecule has 2 amide bonds. The first-order chi connectivity index (χ1) is 11.6. The number of ketones is 1. The molecular formula is C17H18FN3O2S. The summed E-state index contributed by atoms with van der Waals surface area (Å²) in [5.41, 5.74) is 0.492. The van der Waals surface area contributed by atoms with Crippen LogP contribution in [0, 0.1) is 11.7 Å². The van der Waals surface area contributed by atoms with Gasteiger partial charge in [-0.3, -0.25) is 4.79 Å². The van der Waals surface area contributed by atoms with Crippen LogP contribution in [-0.2, 0) is 6.54 Å². The van der Waals surface area contributed by atoms with E-state index in [0.29, 0.717) is 25.2 Å². The third-order valence-corrected chi connectivity index (χ3v) is 4.86. The van der Waals surface area contributed by atoms with Crippen molar-refractivity contribution < 1.29 is 14.0 Å². The molecule has 1 aliphatic rings. The number of aromatic nitrogens is 1. The lowest BCUT2D eigenvalue weighted by Crippen LogP contribution is -2.46. The molecule has 0 spiro atoms. The van der Waals surface area contributed by atoms with E-state index in [1.54, 1.807) is 11.1 Å². The number of carbonyl (C=O) groups excluding carboxylic acids is 2. The first-order valence-electron chi connectivity index (χ1n) is 7.84. The van der Waals surface area contributed by atoms with Gasteiger partial charge in [0.05, 0.1) is 6.54 Å². The van der Waals surface area contributed by atoms with E-state index in [1.165, 1.54) is 35.6 Å². The minimum absolute atomic E-state index is 0.0348. The average Bonchev–Trinajstić information content (AvgIpc) is 3.13. The number of rotatable bonds is 4. The summed E-state index contributed by atoms with van der Waals surface area (Å²) in [4.78, 5) is 30.6. The summed E-state index contributed by atoms with van der Waals surface area (Å²) in [6, 6.07) is 5.39. The highest BCUT2D eigenvalue weighted by Gasteiger charge is 2.29. The molecule has 1 fully saturated rings. The van der Waals surface area contributed by atoms with Crippen molar-refractivity contribution in [2.75, 3.05) is 13.1 Å². The second kappa shape index (κ2) is 7.53. The van der Waals surface area contributed by atoms with Gasteiger partial charge in [0, 0.05) is 36.1 Å². The number of thiazole rings is 1. The number of amides is 2. The Bertz CT molecular complexity index is 703. The zero-order chi connectivity index (χ0) is 16.9. The average molecular weight is 347 g/mol. The number of benzene rings is 1. The summed E-state index contributed by atoms with van der Waals surface area (Å²) >= 11 is 1.49. The van der Waals surface area contributed by atoms with Crippen LogP contribution in [0.2, 0.25) is 0 Å².